The molecule has 4 rings (SSSR count). The summed E-state index contributed by atoms with van der Waals surface area (Å²) in [6.07, 6.45) is 1.06. The van der Waals surface area contributed by atoms with Crippen molar-refractivity contribution in [3.63, 3.8) is 0 Å². The molecule has 0 amide bonds. The van der Waals surface area contributed by atoms with Gasteiger partial charge in [0, 0.05) is 28.9 Å². The van der Waals surface area contributed by atoms with E-state index in [1.54, 1.807) is 0 Å². The standard InChI is InChI=1S/C24H30N4/c1-7-24(5,6)27-16-17-12-8-9-13-18(17)21-22(19-14-10-11-15-20(19)27)28(26-25-21)23(2,3)4/h8-15H,7,16H2,1-6H3. The lowest BCUT2D eigenvalue weighted by Crippen LogP contribution is -2.44. The third-order valence-electron chi connectivity index (χ3n) is 5.95. The molecule has 4 heteroatoms. The summed E-state index contributed by atoms with van der Waals surface area (Å²) in [5.41, 5.74) is 6.87. The Balaban J connectivity index is 2.11. The summed E-state index contributed by atoms with van der Waals surface area (Å²) in [7, 11) is 0. The van der Waals surface area contributed by atoms with Crippen LogP contribution in [-0.4, -0.2) is 20.5 Å². The van der Waals surface area contributed by atoms with Crippen molar-refractivity contribution in [2.75, 3.05) is 4.90 Å². The van der Waals surface area contributed by atoms with Gasteiger partial charge in [-0.05, 0) is 52.7 Å². The number of aromatic nitrogens is 3. The van der Waals surface area contributed by atoms with E-state index < -0.39 is 0 Å². The van der Waals surface area contributed by atoms with Crippen LogP contribution in [0.15, 0.2) is 48.5 Å². The molecule has 1 aliphatic rings. The van der Waals surface area contributed by atoms with Gasteiger partial charge >= 0.3 is 0 Å². The molecule has 4 nitrogen and oxygen atoms in total. The molecule has 0 fully saturated rings. The van der Waals surface area contributed by atoms with E-state index in [1.807, 2.05) is 0 Å². The van der Waals surface area contributed by atoms with Gasteiger partial charge in [0.2, 0.25) is 0 Å². The van der Waals surface area contributed by atoms with Crippen molar-refractivity contribution in [2.24, 2.45) is 0 Å². The number of fused-ring (bicyclic) bond motifs is 5. The fourth-order valence-electron chi connectivity index (χ4n) is 3.96. The zero-order valence-electron chi connectivity index (χ0n) is 17.8. The highest BCUT2D eigenvalue weighted by atomic mass is 15.5. The molecule has 0 radical (unpaired) electrons. The zero-order valence-corrected chi connectivity index (χ0v) is 17.8. The molecule has 0 spiro atoms. The van der Waals surface area contributed by atoms with Crippen molar-refractivity contribution in [1.82, 2.24) is 15.0 Å². The molecule has 0 N–H and O–H groups in total. The Morgan fingerprint density at radius 2 is 1.54 bits per heavy atom. The maximum absolute atomic E-state index is 4.67. The molecule has 2 heterocycles. The van der Waals surface area contributed by atoms with Crippen LogP contribution < -0.4 is 4.90 Å². The largest absolute Gasteiger partial charge is 0.362 e. The topological polar surface area (TPSA) is 34.0 Å². The molecule has 146 valence electrons. The predicted molar refractivity (Wildman–Crippen MR) is 116 cm³/mol. The summed E-state index contributed by atoms with van der Waals surface area (Å²) in [4.78, 5) is 2.55. The Kier molecular flexibility index (Phi) is 4.33. The molecule has 1 aliphatic heterocycles. The third kappa shape index (κ3) is 2.92. The van der Waals surface area contributed by atoms with E-state index in [2.05, 4.69) is 110 Å². The zero-order chi connectivity index (χ0) is 20.1. The molecule has 0 unspecified atom stereocenters. The van der Waals surface area contributed by atoms with Gasteiger partial charge in [-0.1, -0.05) is 54.6 Å². The molecule has 0 saturated carbocycles. The van der Waals surface area contributed by atoms with Crippen LogP contribution in [0.1, 0.15) is 53.5 Å². The number of anilines is 1. The Labute approximate surface area is 168 Å². The summed E-state index contributed by atoms with van der Waals surface area (Å²) in [5, 5.41) is 9.27. The second-order valence-corrected chi connectivity index (χ2v) is 9.30. The van der Waals surface area contributed by atoms with Gasteiger partial charge in [0.1, 0.15) is 5.69 Å². The second-order valence-electron chi connectivity index (χ2n) is 9.30. The highest BCUT2D eigenvalue weighted by Gasteiger charge is 2.34. The van der Waals surface area contributed by atoms with E-state index in [0.29, 0.717) is 0 Å². The summed E-state index contributed by atoms with van der Waals surface area (Å²) in [6, 6.07) is 17.3. The van der Waals surface area contributed by atoms with Crippen molar-refractivity contribution >= 4 is 5.69 Å². The van der Waals surface area contributed by atoms with Crippen molar-refractivity contribution in [3.05, 3.63) is 54.1 Å². The van der Waals surface area contributed by atoms with Gasteiger partial charge in [0.05, 0.1) is 11.2 Å². The van der Waals surface area contributed by atoms with Crippen molar-refractivity contribution in [2.45, 2.75) is 65.6 Å². The lowest BCUT2D eigenvalue weighted by atomic mass is 9.90. The van der Waals surface area contributed by atoms with Crippen LogP contribution in [0.2, 0.25) is 0 Å². The van der Waals surface area contributed by atoms with Gasteiger partial charge in [-0.2, -0.15) is 0 Å². The SMILES string of the molecule is CCC(C)(C)N1Cc2ccccc2-c2nnn(C(C)(C)C)c2-c2ccccc21. The summed E-state index contributed by atoms with van der Waals surface area (Å²) in [6.45, 7) is 14.3. The first-order valence-electron chi connectivity index (χ1n) is 10.2. The fourth-order valence-corrected chi connectivity index (χ4v) is 3.96. The van der Waals surface area contributed by atoms with Crippen LogP contribution in [0.25, 0.3) is 22.5 Å². The maximum atomic E-state index is 4.67. The first-order chi connectivity index (χ1) is 13.2. The minimum Gasteiger partial charge on any atom is -0.362 e. The maximum Gasteiger partial charge on any atom is 0.121 e. The fraction of sp³-hybridized carbons (Fsp3) is 0.417. The molecule has 2 aromatic carbocycles. The number of rotatable bonds is 2. The molecule has 0 bridgehead atoms. The van der Waals surface area contributed by atoms with E-state index in [1.165, 1.54) is 22.4 Å². The third-order valence-corrected chi connectivity index (χ3v) is 5.95. The Hall–Kier alpha value is -2.62. The molecule has 0 saturated heterocycles. The first kappa shape index (κ1) is 18.7. The number of para-hydroxylation sites is 1. The van der Waals surface area contributed by atoms with Gasteiger partial charge < -0.3 is 4.90 Å². The number of benzene rings is 2. The normalized spacial score (nSPS) is 14.0. The predicted octanol–water partition coefficient (Wildman–Crippen LogP) is 5.88. The first-order valence-corrected chi connectivity index (χ1v) is 10.2. The van der Waals surface area contributed by atoms with Crippen LogP contribution in [-0.2, 0) is 12.1 Å². The van der Waals surface area contributed by atoms with Gasteiger partial charge in [-0.3, -0.25) is 0 Å². The lowest BCUT2D eigenvalue weighted by Gasteiger charge is -2.42. The van der Waals surface area contributed by atoms with Crippen LogP contribution in [0.4, 0.5) is 5.69 Å². The highest BCUT2D eigenvalue weighted by molar-refractivity contribution is 5.88. The molecule has 3 aromatic rings. The van der Waals surface area contributed by atoms with E-state index >= 15 is 0 Å². The van der Waals surface area contributed by atoms with Crippen LogP contribution in [0, 0.1) is 0 Å². The highest BCUT2D eigenvalue weighted by Crippen LogP contribution is 2.44. The van der Waals surface area contributed by atoms with Crippen molar-refractivity contribution < 1.29 is 0 Å². The number of hydrogen-bond acceptors (Lipinski definition) is 3. The van der Waals surface area contributed by atoms with Crippen molar-refractivity contribution in [1.29, 1.82) is 0 Å². The summed E-state index contributed by atoms with van der Waals surface area (Å²) < 4.78 is 2.08. The van der Waals surface area contributed by atoms with Gasteiger partial charge in [-0.15, -0.1) is 5.10 Å². The van der Waals surface area contributed by atoms with E-state index in [-0.39, 0.29) is 11.1 Å². The van der Waals surface area contributed by atoms with Crippen LogP contribution in [0.3, 0.4) is 0 Å². The van der Waals surface area contributed by atoms with E-state index in [0.717, 1.165) is 24.4 Å². The van der Waals surface area contributed by atoms with Crippen LogP contribution >= 0.6 is 0 Å². The van der Waals surface area contributed by atoms with Gasteiger partial charge in [-0.25, -0.2) is 4.68 Å². The number of nitrogens with zero attached hydrogens (tertiary/aromatic N) is 4. The quantitative estimate of drug-likeness (QED) is 0.562. The number of hydrogen-bond donors (Lipinski definition) is 0. The smallest absolute Gasteiger partial charge is 0.121 e. The average Bonchev–Trinajstić information content (AvgIpc) is 3.10. The van der Waals surface area contributed by atoms with Gasteiger partial charge in [0.15, 0.2) is 0 Å². The minimum atomic E-state index is -0.160. The molecule has 1 aromatic heterocycles. The average molecular weight is 375 g/mol. The second kappa shape index (κ2) is 6.47. The molecule has 0 atom stereocenters. The lowest BCUT2D eigenvalue weighted by molar-refractivity contribution is 0.351. The molecular weight excluding hydrogens is 344 g/mol. The summed E-state index contributed by atoms with van der Waals surface area (Å²) in [5.74, 6) is 0. The van der Waals surface area contributed by atoms with E-state index in [9.17, 15) is 0 Å². The van der Waals surface area contributed by atoms with Crippen LogP contribution in [0.5, 0.6) is 0 Å². The van der Waals surface area contributed by atoms with Gasteiger partial charge in [0.25, 0.3) is 0 Å². The monoisotopic (exact) mass is 374 g/mol. The molecule has 0 aliphatic carbocycles. The Morgan fingerprint density at radius 3 is 2.21 bits per heavy atom. The summed E-state index contributed by atoms with van der Waals surface area (Å²) >= 11 is 0. The minimum absolute atomic E-state index is 0.0285. The Morgan fingerprint density at radius 1 is 0.893 bits per heavy atom. The Bertz CT molecular complexity index is 1010. The molecular formula is C24H30N4. The molecule has 28 heavy (non-hydrogen) atoms. The van der Waals surface area contributed by atoms with Crippen molar-refractivity contribution in [3.8, 4) is 22.5 Å². The van der Waals surface area contributed by atoms with E-state index in [4.69, 9.17) is 0 Å².